The zero-order valence-corrected chi connectivity index (χ0v) is 22.7. The van der Waals surface area contributed by atoms with E-state index in [0.29, 0.717) is 51.3 Å². The van der Waals surface area contributed by atoms with E-state index in [0.717, 1.165) is 19.3 Å². The van der Waals surface area contributed by atoms with Crippen molar-refractivity contribution in [1.82, 2.24) is 15.5 Å². The summed E-state index contributed by atoms with van der Waals surface area (Å²) in [5.41, 5.74) is -1.60. The van der Waals surface area contributed by atoms with Gasteiger partial charge in [-0.05, 0) is 70.4 Å². The second-order valence-electron chi connectivity index (χ2n) is 10.3. The molecule has 1 heterocycles. The zero-order chi connectivity index (χ0) is 26.8. The molecule has 1 aliphatic carbocycles. The summed E-state index contributed by atoms with van der Waals surface area (Å²) in [6, 6.07) is 4.22. The fourth-order valence-electron chi connectivity index (χ4n) is 5.54. The third kappa shape index (κ3) is 8.23. The van der Waals surface area contributed by atoms with Gasteiger partial charge in [0.2, 0.25) is 0 Å². The van der Waals surface area contributed by atoms with Crippen molar-refractivity contribution in [3.8, 4) is 0 Å². The average molecular weight is 546 g/mol. The van der Waals surface area contributed by atoms with Crippen LogP contribution < -0.4 is 10.6 Å². The lowest BCUT2D eigenvalue weighted by atomic mass is 9.82. The zero-order valence-electron chi connectivity index (χ0n) is 22.0. The Hall–Kier alpha value is -1.52. The summed E-state index contributed by atoms with van der Waals surface area (Å²) in [7, 11) is 3.45. The molecule has 2 amide bonds. The minimum atomic E-state index is -1.67. The number of likely N-dealkylation sites (N-methyl/N-ethyl adjacent to an activating group) is 1. The molecule has 3 N–H and O–H groups in total. The molecule has 2 fully saturated rings. The molecule has 0 aromatic heterocycles. The summed E-state index contributed by atoms with van der Waals surface area (Å²) in [4.78, 5) is 14.9. The van der Waals surface area contributed by atoms with Gasteiger partial charge in [0.1, 0.15) is 23.7 Å². The van der Waals surface area contributed by atoms with E-state index in [-0.39, 0.29) is 42.2 Å². The molecule has 2 aliphatic rings. The fraction of sp³-hybridized carbons (Fsp3) is 0.741. The predicted molar refractivity (Wildman–Crippen MR) is 140 cm³/mol. The van der Waals surface area contributed by atoms with Crippen molar-refractivity contribution in [1.29, 1.82) is 0 Å². The van der Waals surface area contributed by atoms with Crippen molar-refractivity contribution in [2.75, 3.05) is 47.0 Å². The van der Waals surface area contributed by atoms with Crippen molar-refractivity contribution in [3.05, 3.63) is 34.6 Å². The van der Waals surface area contributed by atoms with E-state index in [4.69, 9.17) is 21.1 Å². The Bertz CT molecular complexity index is 859. The summed E-state index contributed by atoms with van der Waals surface area (Å²) >= 11 is 6.05. The van der Waals surface area contributed by atoms with Crippen LogP contribution in [0.1, 0.15) is 56.9 Å². The van der Waals surface area contributed by atoms with Crippen LogP contribution in [0.5, 0.6) is 0 Å². The molecule has 3 atom stereocenters. The molecule has 10 heteroatoms. The summed E-state index contributed by atoms with van der Waals surface area (Å²) < 4.78 is 39.7. The number of nitrogens with zero attached hydrogens (tertiary/aromatic N) is 1. The lowest BCUT2D eigenvalue weighted by molar-refractivity contribution is -0.147. The normalized spacial score (nSPS) is 24.9. The second-order valence-corrected chi connectivity index (χ2v) is 10.7. The first-order valence-corrected chi connectivity index (χ1v) is 13.8. The molecule has 1 aromatic carbocycles. The molecule has 1 aliphatic heterocycles. The van der Waals surface area contributed by atoms with Crippen LogP contribution in [0.4, 0.5) is 13.6 Å². The Kier molecular flexibility index (Phi) is 11.8. The number of benzene rings is 1. The molecule has 1 saturated carbocycles. The number of alkyl halides is 1. The lowest BCUT2D eigenvalue weighted by Gasteiger charge is -2.43. The van der Waals surface area contributed by atoms with E-state index in [1.807, 2.05) is 7.05 Å². The van der Waals surface area contributed by atoms with Crippen molar-refractivity contribution >= 4 is 17.6 Å². The Morgan fingerprint density at radius 1 is 1.32 bits per heavy atom. The molecular formula is C27H42ClF2N3O4. The number of carbonyl (C=O) groups is 1. The second kappa shape index (κ2) is 14.6. The molecule has 0 spiro atoms. The number of hydrogen-bond donors (Lipinski definition) is 3. The van der Waals surface area contributed by atoms with Gasteiger partial charge in [-0.25, -0.2) is 13.6 Å². The number of ether oxygens (including phenoxy) is 2. The topological polar surface area (TPSA) is 83.1 Å². The molecule has 0 unspecified atom stereocenters. The maximum atomic E-state index is 15.1. The molecule has 3 rings (SSSR count). The fourth-order valence-corrected chi connectivity index (χ4v) is 5.71. The Morgan fingerprint density at radius 3 is 2.78 bits per heavy atom. The van der Waals surface area contributed by atoms with Gasteiger partial charge in [-0.3, -0.25) is 0 Å². The van der Waals surface area contributed by atoms with Gasteiger partial charge < -0.3 is 30.1 Å². The summed E-state index contributed by atoms with van der Waals surface area (Å²) in [5, 5.41) is 18.0. The van der Waals surface area contributed by atoms with Gasteiger partial charge >= 0.3 is 6.03 Å². The molecule has 1 saturated heterocycles. The molecular weight excluding hydrogens is 504 g/mol. The predicted octanol–water partition coefficient (Wildman–Crippen LogP) is 4.40. The SMILES string of the molecule is CNC[C@H](CC1CCC(F)CC1)NC(=O)N1CCO[C@@H]([C@@](O)(CCCCOC)c2cccc(Cl)c2F)C1. The van der Waals surface area contributed by atoms with E-state index in [1.165, 1.54) is 12.1 Å². The van der Waals surface area contributed by atoms with Gasteiger partial charge in [-0.2, -0.15) is 0 Å². The Labute approximate surface area is 224 Å². The number of nitrogens with one attached hydrogen (secondary N) is 2. The van der Waals surface area contributed by atoms with Gasteiger partial charge in [-0.1, -0.05) is 23.7 Å². The first-order chi connectivity index (χ1) is 17.8. The molecule has 37 heavy (non-hydrogen) atoms. The van der Waals surface area contributed by atoms with Crippen LogP contribution in [0.15, 0.2) is 18.2 Å². The molecule has 1 aromatic rings. The largest absolute Gasteiger partial charge is 0.385 e. The summed E-state index contributed by atoms with van der Waals surface area (Å²) in [5.74, 6) is -0.299. The minimum absolute atomic E-state index is 0.0706. The maximum Gasteiger partial charge on any atom is 0.317 e. The number of carbonyl (C=O) groups excluding carboxylic acids is 1. The van der Waals surface area contributed by atoms with Crippen LogP contribution in [-0.4, -0.2) is 81.4 Å². The van der Waals surface area contributed by atoms with Crippen molar-refractivity contribution in [2.45, 2.75) is 75.3 Å². The van der Waals surface area contributed by atoms with E-state index < -0.39 is 23.7 Å². The van der Waals surface area contributed by atoms with Gasteiger partial charge in [0.25, 0.3) is 0 Å². The van der Waals surface area contributed by atoms with Crippen LogP contribution in [-0.2, 0) is 15.1 Å². The highest BCUT2D eigenvalue weighted by molar-refractivity contribution is 6.30. The molecule has 0 radical (unpaired) electrons. The number of morpholine rings is 1. The number of halogens is 3. The number of amides is 2. The maximum absolute atomic E-state index is 15.1. The summed E-state index contributed by atoms with van der Waals surface area (Å²) in [6.45, 7) is 1.81. The third-order valence-corrected chi connectivity index (χ3v) is 7.92. The molecule has 210 valence electrons. The first-order valence-electron chi connectivity index (χ1n) is 13.4. The van der Waals surface area contributed by atoms with E-state index >= 15 is 4.39 Å². The van der Waals surface area contributed by atoms with E-state index in [1.54, 1.807) is 18.1 Å². The highest BCUT2D eigenvalue weighted by Crippen LogP contribution is 2.38. The van der Waals surface area contributed by atoms with Crippen LogP contribution >= 0.6 is 11.6 Å². The van der Waals surface area contributed by atoms with Gasteiger partial charge in [0.05, 0.1) is 18.2 Å². The third-order valence-electron chi connectivity index (χ3n) is 7.63. The monoisotopic (exact) mass is 545 g/mol. The average Bonchev–Trinajstić information content (AvgIpc) is 2.89. The van der Waals surface area contributed by atoms with Crippen LogP contribution in [0.25, 0.3) is 0 Å². The first kappa shape index (κ1) is 30.0. The molecule has 7 nitrogen and oxygen atoms in total. The van der Waals surface area contributed by atoms with Crippen LogP contribution in [0, 0.1) is 11.7 Å². The van der Waals surface area contributed by atoms with Crippen molar-refractivity contribution in [2.24, 2.45) is 5.92 Å². The van der Waals surface area contributed by atoms with Gasteiger partial charge in [0.15, 0.2) is 0 Å². The highest BCUT2D eigenvalue weighted by atomic mass is 35.5. The molecule has 0 bridgehead atoms. The standard InChI is InChI=1S/C27H42ClF2N3O4/c1-31-17-21(16-19-8-10-20(29)11-9-19)32-26(34)33-13-15-37-24(18-33)27(35,12-3-4-14-36-2)22-6-5-7-23(28)25(22)30/h5-7,19-21,24,31,35H,3-4,8-18H2,1-2H3,(H,32,34)/t19?,20?,21-,24+,27+/m0/s1. The van der Waals surface area contributed by atoms with Gasteiger partial charge in [-0.15, -0.1) is 0 Å². The number of methoxy groups -OCH3 is 1. The van der Waals surface area contributed by atoms with Crippen molar-refractivity contribution in [3.63, 3.8) is 0 Å². The van der Waals surface area contributed by atoms with E-state index in [2.05, 4.69) is 10.6 Å². The summed E-state index contributed by atoms with van der Waals surface area (Å²) in [6.07, 6.45) is 3.56. The minimum Gasteiger partial charge on any atom is -0.385 e. The highest BCUT2D eigenvalue weighted by Gasteiger charge is 2.44. The smallest absolute Gasteiger partial charge is 0.317 e. The van der Waals surface area contributed by atoms with Crippen molar-refractivity contribution < 1.29 is 28.2 Å². The number of aliphatic hydroxyl groups is 1. The van der Waals surface area contributed by atoms with Crippen LogP contribution in [0.3, 0.4) is 0 Å². The lowest BCUT2D eigenvalue weighted by Crippen LogP contribution is -2.58. The van der Waals surface area contributed by atoms with E-state index in [9.17, 15) is 14.3 Å². The number of unbranched alkanes of at least 4 members (excludes halogenated alkanes) is 1. The number of hydrogen-bond acceptors (Lipinski definition) is 5. The number of urea groups is 1. The van der Waals surface area contributed by atoms with Gasteiger partial charge in [0, 0.05) is 38.4 Å². The quantitative estimate of drug-likeness (QED) is 0.339. The van der Waals surface area contributed by atoms with Crippen LogP contribution in [0.2, 0.25) is 5.02 Å². The Morgan fingerprint density at radius 2 is 2.08 bits per heavy atom. The number of rotatable bonds is 12. The Balaban J connectivity index is 1.70.